The van der Waals surface area contributed by atoms with Crippen LogP contribution in [0.25, 0.3) is 10.2 Å². The number of carbonyl (C=O) groups is 1. The monoisotopic (exact) mass is 445 g/mol. The molecule has 5 rings (SSSR count). The second-order valence-electron chi connectivity index (χ2n) is 8.84. The van der Waals surface area contributed by atoms with Gasteiger partial charge in [0, 0.05) is 36.1 Å². The van der Waals surface area contributed by atoms with Gasteiger partial charge >= 0.3 is 0 Å². The zero-order valence-electron chi connectivity index (χ0n) is 17.9. The lowest BCUT2D eigenvalue weighted by molar-refractivity contribution is -0.122. The SMILES string of the molecule is NC(=O)COC[C@H]1CCc2sc3nccc(OC4CCC(N5CCOCC5)CC4)c3c21. The number of nitrogens with two attached hydrogens (primary N) is 1. The van der Waals surface area contributed by atoms with Crippen LogP contribution < -0.4 is 10.5 Å². The number of nitrogens with zero attached hydrogens (tertiary/aromatic N) is 2. The number of aryl methyl sites for hydroxylation is 1. The highest BCUT2D eigenvalue weighted by Gasteiger charge is 2.32. The number of aromatic nitrogens is 1. The van der Waals surface area contributed by atoms with Crippen molar-refractivity contribution in [3.05, 3.63) is 22.7 Å². The van der Waals surface area contributed by atoms with Crippen LogP contribution in [0.2, 0.25) is 0 Å². The minimum atomic E-state index is -0.424. The lowest BCUT2D eigenvalue weighted by Crippen LogP contribution is -2.46. The summed E-state index contributed by atoms with van der Waals surface area (Å²) in [4.78, 5) is 20.7. The van der Waals surface area contributed by atoms with E-state index in [0.717, 1.165) is 68.0 Å². The zero-order chi connectivity index (χ0) is 21.2. The summed E-state index contributed by atoms with van der Waals surface area (Å²) in [6, 6.07) is 2.68. The van der Waals surface area contributed by atoms with Crippen LogP contribution in [0.5, 0.6) is 5.75 Å². The average molecular weight is 446 g/mol. The average Bonchev–Trinajstić information content (AvgIpc) is 3.35. The number of primary amides is 1. The number of thiophene rings is 1. The summed E-state index contributed by atoms with van der Waals surface area (Å²) < 4.78 is 17.7. The van der Waals surface area contributed by atoms with Crippen LogP contribution in [0.4, 0.5) is 0 Å². The number of fused-ring (bicyclic) bond motifs is 3. The van der Waals surface area contributed by atoms with Crippen molar-refractivity contribution in [1.29, 1.82) is 0 Å². The Hall–Kier alpha value is -1.74. The van der Waals surface area contributed by atoms with Crippen LogP contribution >= 0.6 is 11.3 Å². The molecule has 2 aliphatic carbocycles. The van der Waals surface area contributed by atoms with Crippen LogP contribution in [0, 0.1) is 0 Å². The summed E-state index contributed by atoms with van der Waals surface area (Å²) in [5.41, 5.74) is 6.54. The number of hydrogen-bond acceptors (Lipinski definition) is 7. The number of rotatable bonds is 7. The largest absolute Gasteiger partial charge is 0.490 e. The van der Waals surface area contributed by atoms with E-state index in [4.69, 9.17) is 19.9 Å². The van der Waals surface area contributed by atoms with Gasteiger partial charge < -0.3 is 19.9 Å². The fraction of sp³-hybridized carbons (Fsp3) is 0.652. The molecule has 1 saturated heterocycles. The molecule has 2 N–H and O–H groups in total. The second kappa shape index (κ2) is 9.40. The molecule has 31 heavy (non-hydrogen) atoms. The molecule has 7 nitrogen and oxygen atoms in total. The van der Waals surface area contributed by atoms with Gasteiger partial charge in [0.25, 0.3) is 0 Å². The van der Waals surface area contributed by atoms with Gasteiger partial charge in [-0.25, -0.2) is 4.98 Å². The Morgan fingerprint density at radius 2 is 2.03 bits per heavy atom. The van der Waals surface area contributed by atoms with E-state index in [1.807, 2.05) is 12.3 Å². The third kappa shape index (κ3) is 4.58. The molecule has 1 aliphatic heterocycles. The molecular weight excluding hydrogens is 414 g/mol. The van der Waals surface area contributed by atoms with Gasteiger partial charge in [0.05, 0.1) is 31.3 Å². The summed E-state index contributed by atoms with van der Waals surface area (Å²) in [5.74, 6) is 0.803. The molecule has 1 atom stereocenters. The van der Waals surface area contributed by atoms with Crippen molar-refractivity contribution in [3.8, 4) is 5.75 Å². The van der Waals surface area contributed by atoms with Gasteiger partial charge in [0.15, 0.2) is 0 Å². The minimum Gasteiger partial charge on any atom is -0.490 e. The summed E-state index contributed by atoms with van der Waals surface area (Å²) in [5, 5.41) is 1.16. The maximum Gasteiger partial charge on any atom is 0.243 e. The molecule has 1 amide bonds. The molecule has 2 aromatic rings. The number of hydrogen-bond donors (Lipinski definition) is 1. The third-order valence-electron chi connectivity index (χ3n) is 6.86. The Morgan fingerprint density at radius 1 is 1.23 bits per heavy atom. The Kier molecular flexibility index (Phi) is 6.41. The topological polar surface area (TPSA) is 86.9 Å². The molecule has 2 aromatic heterocycles. The van der Waals surface area contributed by atoms with E-state index in [-0.39, 0.29) is 18.6 Å². The van der Waals surface area contributed by atoms with E-state index < -0.39 is 5.91 Å². The zero-order valence-corrected chi connectivity index (χ0v) is 18.7. The predicted molar refractivity (Wildman–Crippen MR) is 120 cm³/mol. The fourth-order valence-electron chi connectivity index (χ4n) is 5.35. The smallest absolute Gasteiger partial charge is 0.243 e. The summed E-state index contributed by atoms with van der Waals surface area (Å²) in [6.45, 7) is 4.32. The maximum absolute atomic E-state index is 11.0. The van der Waals surface area contributed by atoms with Gasteiger partial charge in [0.2, 0.25) is 5.91 Å². The molecule has 3 heterocycles. The number of morpholine rings is 1. The van der Waals surface area contributed by atoms with E-state index in [0.29, 0.717) is 12.6 Å². The van der Waals surface area contributed by atoms with Crippen molar-refractivity contribution in [3.63, 3.8) is 0 Å². The first kappa shape index (κ1) is 21.1. The molecule has 0 unspecified atom stereocenters. The standard InChI is InChI=1S/C23H31N3O4S/c24-20(27)14-29-13-15-1-6-19-21(15)22-18(7-8-25-23(22)31-19)30-17-4-2-16(3-5-17)26-9-11-28-12-10-26/h7-8,15-17H,1-6,9-14H2,(H2,24,27)/t15-,16?,17?/m1/s1. The Labute approximate surface area is 186 Å². The highest BCUT2D eigenvalue weighted by molar-refractivity contribution is 7.19. The van der Waals surface area contributed by atoms with E-state index in [1.165, 1.54) is 23.3 Å². The van der Waals surface area contributed by atoms with Gasteiger partial charge in [-0.15, -0.1) is 11.3 Å². The molecule has 0 bridgehead atoms. The highest BCUT2D eigenvalue weighted by atomic mass is 32.1. The van der Waals surface area contributed by atoms with Crippen LogP contribution in [0.1, 0.15) is 48.5 Å². The Morgan fingerprint density at radius 3 is 2.81 bits per heavy atom. The van der Waals surface area contributed by atoms with E-state index >= 15 is 0 Å². The van der Waals surface area contributed by atoms with Crippen LogP contribution in [0.3, 0.4) is 0 Å². The van der Waals surface area contributed by atoms with Crippen molar-refractivity contribution in [1.82, 2.24) is 9.88 Å². The first-order valence-corrected chi connectivity index (χ1v) is 12.3. The number of ether oxygens (including phenoxy) is 3. The molecule has 1 saturated carbocycles. The van der Waals surface area contributed by atoms with Gasteiger partial charge in [-0.2, -0.15) is 0 Å². The van der Waals surface area contributed by atoms with Gasteiger partial charge in [-0.3, -0.25) is 9.69 Å². The number of amides is 1. The van der Waals surface area contributed by atoms with Gasteiger partial charge in [0.1, 0.15) is 17.2 Å². The molecule has 3 aliphatic rings. The number of carbonyl (C=O) groups excluding carboxylic acids is 1. The summed E-state index contributed by atoms with van der Waals surface area (Å²) in [7, 11) is 0. The molecule has 168 valence electrons. The molecule has 0 spiro atoms. The van der Waals surface area contributed by atoms with E-state index in [1.54, 1.807) is 11.3 Å². The quantitative estimate of drug-likeness (QED) is 0.705. The van der Waals surface area contributed by atoms with Crippen molar-refractivity contribution in [2.24, 2.45) is 5.73 Å². The Bertz CT molecular complexity index is 919. The first-order chi connectivity index (χ1) is 15.2. The normalized spacial score (nSPS) is 26.8. The Balaban J connectivity index is 1.28. The van der Waals surface area contributed by atoms with E-state index in [9.17, 15) is 4.79 Å². The lowest BCUT2D eigenvalue weighted by atomic mass is 9.91. The van der Waals surface area contributed by atoms with Gasteiger partial charge in [-0.05, 0) is 50.2 Å². The molecule has 0 aromatic carbocycles. The summed E-state index contributed by atoms with van der Waals surface area (Å²) in [6.07, 6.45) is 8.73. The molecule has 8 heteroatoms. The van der Waals surface area contributed by atoms with Crippen LogP contribution in [0.15, 0.2) is 12.3 Å². The van der Waals surface area contributed by atoms with Crippen molar-refractivity contribution >= 4 is 27.5 Å². The lowest BCUT2D eigenvalue weighted by Gasteiger charge is -2.38. The predicted octanol–water partition coefficient (Wildman–Crippen LogP) is 2.85. The van der Waals surface area contributed by atoms with Crippen molar-refractivity contribution < 1.29 is 19.0 Å². The third-order valence-corrected chi connectivity index (χ3v) is 8.03. The first-order valence-electron chi connectivity index (χ1n) is 11.4. The summed E-state index contributed by atoms with van der Waals surface area (Å²) >= 11 is 1.77. The highest BCUT2D eigenvalue weighted by Crippen LogP contribution is 2.47. The molecule has 0 radical (unpaired) electrons. The van der Waals surface area contributed by atoms with Crippen molar-refractivity contribution in [2.45, 2.75) is 56.6 Å². The second-order valence-corrected chi connectivity index (χ2v) is 9.93. The van der Waals surface area contributed by atoms with Crippen LogP contribution in [-0.4, -0.2) is 67.5 Å². The number of pyridine rings is 1. The van der Waals surface area contributed by atoms with Crippen molar-refractivity contribution in [2.75, 3.05) is 39.5 Å². The maximum atomic E-state index is 11.0. The van der Waals surface area contributed by atoms with E-state index in [2.05, 4.69) is 9.88 Å². The molecular formula is C23H31N3O4S. The fourth-order valence-corrected chi connectivity index (χ4v) is 6.60. The minimum absolute atomic E-state index is 0.0259. The van der Waals surface area contributed by atoms with Gasteiger partial charge in [-0.1, -0.05) is 0 Å². The van der Waals surface area contributed by atoms with Crippen LogP contribution in [-0.2, 0) is 20.7 Å². The molecule has 2 fully saturated rings.